The molecule has 0 N–H and O–H groups in total. The van der Waals surface area contributed by atoms with Crippen molar-refractivity contribution in [3.63, 3.8) is 0 Å². The lowest BCUT2D eigenvalue weighted by Crippen LogP contribution is -2.31. The van der Waals surface area contributed by atoms with Crippen molar-refractivity contribution < 1.29 is 13.7 Å². The summed E-state index contributed by atoms with van der Waals surface area (Å²) < 4.78 is 18.6. The summed E-state index contributed by atoms with van der Waals surface area (Å²) in [7, 11) is 0. The maximum Gasteiger partial charge on any atom is 0.259 e. The van der Waals surface area contributed by atoms with Crippen molar-refractivity contribution in [3.05, 3.63) is 58.7 Å². The van der Waals surface area contributed by atoms with Gasteiger partial charge in [-0.05, 0) is 49.4 Å². The molecular formula is C21H22FN3O2. The number of benzene rings is 1. The van der Waals surface area contributed by atoms with Gasteiger partial charge >= 0.3 is 0 Å². The van der Waals surface area contributed by atoms with Gasteiger partial charge in [0, 0.05) is 12.2 Å². The number of carbonyl (C=O) groups excluding carboxylic acids is 1. The number of aryl methyl sites for hydroxylation is 1. The molecule has 4 rings (SSSR count). The molecular weight excluding hydrogens is 345 g/mol. The topological polar surface area (TPSA) is 59.2 Å². The van der Waals surface area contributed by atoms with Crippen molar-refractivity contribution in [2.24, 2.45) is 0 Å². The molecule has 3 heterocycles. The zero-order chi connectivity index (χ0) is 19.1. The van der Waals surface area contributed by atoms with Crippen LogP contribution in [0.25, 0.3) is 11.1 Å². The quantitative estimate of drug-likeness (QED) is 0.669. The van der Waals surface area contributed by atoms with E-state index in [1.54, 1.807) is 12.1 Å². The van der Waals surface area contributed by atoms with E-state index in [0.29, 0.717) is 28.9 Å². The van der Waals surface area contributed by atoms with Crippen molar-refractivity contribution >= 4 is 17.0 Å². The Kier molecular flexibility index (Phi) is 4.42. The van der Waals surface area contributed by atoms with E-state index in [-0.39, 0.29) is 23.7 Å². The van der Waals surface area contributed by atoms with Crippen LogP contribution < -0.4 is 0 Å². The number of fused-ring (bicyclic) bond motifs is 1. The molecule has 140 valence electrons. The zero-order valence-corrected chi connectivity index (χ0v) is 15.7. The van der Waals surface area contributed by atoms with E-state index in [9.17, 15) is 9.18 Å². The minimum absolute atomic E-state index is 0.0519. The molecule has 0 aliphatic carbocycles. The number of amides is 1. The van der Waals surface area contributed by atoms with Crippen LogP contribution in [-0.4, -0.2) is 27.5 Å². The Hall–Kier alpha value is -2.76. The molecule has 1 atom stereocenters. The molecule has 1 aromatic carbocycles. The van der Waals surface area contributed by atoms with Crippen LogP contribution in [0.3, 0.4) is 0 Å². The summed E-state index contributed by atoms with van der Waals surface area (Å²) in [5.41, 5.74) is 3.41. The summed E-state index contributed by atoms with van der Waals surface area (Å²) in [4.78, 5) is 19.9. The lowest BCUT2D eigenvalue weighted by Gasteiger charge is -2.25. The lowest BCUT2D eigenvalue weighted by molar-refractivity contribution is 0.0737. The van der Waals surface area contributed by atoms with Gasteiger partial charge in [0.05, 0.1) is 22.7 Å². The zero-order valence-electron chi connectivity index (χ0n) is 15.7. The maximum absolute atomic E-state index is 13.5. The van der Waals surface area contributed by atoms with Crippen molar-refractivity contribution in [3.8, 4) is 0 Å². The first kappa shape index (κ1) is 17.6. The number of nitrogens with zero attached hydrogens (tertiary/aromatic N) is 3. The molecule has 1 aliphatic heterocycles. The number of halogens is 1. The normalized spacial score (nSPS) is 17.2. The number of rotatable bonds is 3. The number of aromatic nitrogens is 2. The van der Waals surface area contributed by atoms with Gasteiger partial charge in [0.1, 0.15) is 5.82 Å². The molecule has 3 aromatic rings. The second-order valence-corrected chi connectivity index (χ2v) is 7.41. The Balaban J connectivity index is 1.77. The number of carbonyl (C=O) groups is 1. The van der Waals surface area contributed by atoms with Gasteiger partial charge in [-0.3, -0.25) is 4.79 Å². The highest BCUT2D eigenvalue weighted by atomic mass is 19.1. The molecule has 0 spiro atoms. The highest BCUT2D eigenvalue weighted by molar-refractivity contribution is 6.06. The van der Waals surface area contributed by atoms with Gasteiger partial charge in [-0.25, -0.2) is 9.37 Å². The first-order valence-electron chi connectivity index (χ1n) is 9.29. The van der Waals surface area contributed by atoms with Gasteiger partial charge < -0.3 is 9.42 Å². The number of hydrogen-bond donors (Lipinski definition) is 0. The highest BCUT2D eigenvalue weighted by Crippen LogP contribution is 2.35. The van der Waals surface area contributed by atoms with E-state index in [2.05, 4.69) is 10.1 Å². The van der Waals surface area contributed by atoms with Gasteiger partial charge in [0.15, 0.2) is 0 Å². The van der Waals surface area contributed by atoms with Crippen molar-refractivity contribution in [1.29, 1.82) is 0 Å². The number of hydrogen-bond acceptors (Lipinski definition) is 4. The van der Waals surface area contributed by atoms with Crippen LogP contribution in [0.4, 0.5) is 4.39 Å². The molecule has 5 nitrogen and oxygen atoms in total. The fourth-order valence-electron chi connectivity index (χ4n) is 3.77. The van der Waals surface area contributed by atoms with Gasteiger partial charge in [-0.1, -0.05) is 31.1 Å². The van der Waals surface area contributed by atoms with Crippen LogP contribution in [0.2, 0.25) is 0 Å². The Morgan fingerprint density at radius 1 is 1.30 bits per heavy atom. The summed E-state index contributed by atoms with van der Waals surface area (Å²) in [5, 5.41) is 4.68. The minimum atomic E-state index is -0.271. The van der Waals surface area contributed by atoms with Crippen LogP contribution in [0, 0.1) is 12.7 Å². The Morgan fingerprint density at radius 3 is 2.74 bits per heavy atom. The minimum Gasteiger partial charge on any atom is -0.336 e. The molecule has 0 saturated carbocycles. The van der Waals surface area contributed by atoms with E-state index in [0.717, 1.165) is 24.1 Å². The van der Waals surface area contributed by atoms with Crippen molar-refractivity contribution in [2.75, 3.05) is 6.54 Å². The fourth-order valence-corrected chi connectivity index (χ4v) is 3.77. The third-order valence-electron chi connectivity index (χ3n) is 5.23. The largest absolute Gasteiger partial charge is 0.336 e. The van der Waals surface area contributed by atoms with E-state index < -0.39 is 0 Å². The molecule has 0 bridgehead atoms. The van der Waals surface area contributed by atoms with Gasteiger partial charge in [0.2, 0.25) is 0 Å². The van der Waals surface area contributed by atoms with Crippen LogP contribution >= 0.6 is 0 Å². The Morgan fingerprint density at radius 2 is 2.04 bits per heavy atom. The van der Waals surface area contributed by atoms with Crippen LogP contribution in [0.1, 0.15) is 66.0 Å². The second kappa shape index (κ2) is 6.76. The van der Waals surface area contributed by atoms with Crippen molar-refractivity contribution in [2.45, 2.75) is 45.6 Å². The third kappa shape index (κ3) is 3.09. The highest BCUT2D eigenvalue weighted by Gasteiger charge is 2.32. The smallest absolute Gasteiger partial charge is 0.259 e. The Labute approximate surface area is 157 Å². The number of pyridine rings is 1. The van der Waals surface area contributed by atoms with Crippen LogP contribution in [-0.2, 0) is 0 Å². The van der Waals surface area contributed by atoms with Crippen LogP contribution in [0.5, 0.6) is 0 Å². The molecule has 1 unspecified atom stereocenters. The van der Waals surface area contributed by atoms with Gasteiger partial charge in [0.25, 0.3) is 11.6 Å². The van der Waals surface area contributed by atoms with E-state index in [1.165, 1.54) is 12.1 Å². The maximum atomic E-state index is 13.5. The second-order valence-electron chi connectivity index (χ2n) is 7.41. The molecule has 6 heteroatoms. The molecule has 0 radical (unpaired) electrons. The van der Waals surface area contributed by atoms with Gasteiger partial charge in [-0.2, -0.15) is 0 Å². The molecule has 1 saturated heterocycles. The average molecular weight is 367 g/mol. The molecule has 1 fully saturated rings. The van der Waals surface area contributed by atoms with E-state index >= 15 is 0 Å². The number of likely N-dealkylation sites (tertiary alicyclic amines) is 1. The molecule has 27 heavy (non-hydrogen) atoms. The van der Waals surface area contributed by atoms with Crippen molar-refractivity contribution in [1.82, 2.24) is 15.0 Å². The Bertz CT molecular complexity index is 995. The lowest BCUT2D eigenvalue weighted by atomic mass is 10.0. The predicted octanol–water partition coefficient (Wildman–Crippen LogP) is 4.77. The fraction of sp³-hybridized carbons (Fsp3) is 0.381. The third-order valence-corrected chi connectivity index (χ3v) is 5.23. The van der Waals surface area contributed by atoms with Crippen LogP contribution in [0.15, 0.2) is 34.9 Å². The predicted molar refractivity (Wildman–Crippen MR) is 100 cm³/mol. The summed E-state index contributed by atoms with van der Waals surface area (Å²) in [6.45, 7) is 6.55. The van der Waals surface area contributed by atoms with E-state index in [1.807, 2.05) is 31.7 Å². The monoisotopic (exact) mass is 367 g/mol. The molecule has 2 aromatic heterocycles. The first-order valence-corrected chi connectivity index (χ1v) is 9.29. The summed E-state index contributed by atoms with van der Waals surface area (Å²) in [5.74, 6) is -0.160. The average Bonchev–Trinajstić information content (AvgIpc) is 3.28. The van der Waals surface area contributed by atoms with E-state index in [4.69, 9.17) is 4.52 Å². The summed E-state index contributed by atoms with van der Waals surface area (Å²) in [6.07, 6.45) is 1.78. The summed E-state index contributed by atoms with van der Waals surface area (Å²) in [6, 6.07) is 8.23. The summed E-state index contributed by atoms with van der Waals surface area (Å²) >= 11 is 0. The standard InChI is InChI=1S/C21H22FN3O2/c1-12(2)17-11-16(19-13(3)24-27-20(19)23-17)21(26)25-10-4-5-18(25)14-6-8-15(22)9-7-14/h6-9,11-12,18H,4-5,10H2,1-3H3. The first-order chi connectivity index (χ1) is 13.0. The molecule has 1 aliphatic rings. The molecule has 1 amide bonds. The SMILES string of the molecule is Cc1noc2nc(C(C)C)cc(C(=O)N3CCCC3c3ccc(F)cc3)c12. The van der Waals surface area contributed by atoms with Gasteiger partial charge in [-0.15, -0.1) is 0 Å².